The fourth-order valence-electron chi connectivity index (χ4n) is 3.20. The summed E-state index contributed by atoms with van der Waals surface area (Å²) in [6, 6.07) is 7.71. The zero-order valence-corrected chi connectivity index (χ0v) is 18.5. The normalized spacial score (nSPS) is 11.0. The Balaban J connectivity index is 1.61. The summed E-state index contributed by atoms with van der Waals surface area (Å²) in [7, 11) is 0. The molecule has 5 heteroatoms. The first-order valence-corrected chi connectivity index (χ1v) is 12.4. The number of thioether (sulfide) groups is 2. The van der Waals surface area contributed by atoms with Gasteiger partial charge in [-0.1, -0.05) is 63.7 Å². The van der Waals surface area contributed by atoms with Crippen LogP contribution in [0.15, 0.2) is 56.1 Å². The van der Waals surface area contributed by atoms with Gasteiger partial charge in [-0.05, 0) is 30.9 Å². The van der Waals surface area contributed by atoms with E-state index in [0.717, 1.165) is 39.5 Å². The van der Waals surface area contributed by atoms with Gasteiger partial charge in [-0.15, -0.1) is 23.5 Å². The van der Waals surface area contributed by atoms with E-state index in [0.29, 0.717) is 0 Å². The molecule has 0 N–H and O–H groups in total. The highest BCUT2D eigenvalue weighted by molar-refractivity contribution is 7.99. The van der Waals surface area contributed by atoms with E-state index in [-0.39, 0.29) is 5.63 Å². The van der Waals surface area contributed by atoms with Crippen molar-refractivity contribution in [2.24, 2.45) is 0 Å². The van der Waals surface area contributed by atoms with Crippen LogP contribution in [0.4, 0.5) is 0 Å². The number of rotatable bonds is 15. The fourth-order valence-corrected chi connectivity index (χ4v) is 4.82. The topological polar surface area (TPSA) is 39.4 Å². The number of benzene rings is 1. The first-order valence-electron chi connectivity index (χ1n) is 10.2. The van der Waals surface area contributed by atoms with Gasteiger partial charge in [0.05, 0.1) is 17.8 Å². The molecule has 0 aliphatic rings. The highest BCUT2D eigenvalue weighted by Gasteiger charge is 2.09. The standard InChI is InChI=1S/C23H32O3S2/c1-3-25-16-11-9-7-5-4-6-8-10-12-17-28-21-18-22(24)26-23-19(21)14-13-15-20(23)27-2/h3,13-15,18H,1,4-12,16-17H2,2H3. The van der Waals surface area contributed by atoms with Crippen molar-refractivity contribution in [2.45, 2.75) is 67.6 Å². The molecule has 2 aromatic rings. The van der Waals surface area contributed by atoms with Gasteiger partial charge in [0.15, 0.2) is 5.58 Å². The van der Waals surface area contributed by atoms with Crippen molar-refractivity contribution in [3.63, 3.8) is 0 Å². The molecule has 0 atom stereocenters. The van der Waals surface area contributed by atoms with Crippen LogP contribution in [0.5, 0.6) is 0 Å². The van der Waals surface area contributed by atoms with Crippen LogP contribution in [0.1, 0.15) is 57.8 Å². The number of unbranched alkanes of at least 4 members (excludes halogenated alkanes) is 8. The Bertz CT molecular complexity index is 770. The summed E-state index contributed by atoms with van der Waals surface area (Å²) in [5, 5.41) is 1.05. The number of fused-ring (bicyclic) bond motifs is 1. The van der Waals surface area contributed by atoms with Crippen molar-refractivity contribution in [3.8, 4) is 0 Å². The Morgan fingerprint density at radius 2 is 1.68 bits per heavy atom. The number of hydrogen-bond acceptors (Lipinski definition) is 5. The molecule has 0 aliphatic carbocycles. The van der Waals surface area contributed by atoms with Crippen LogP contribution in [0.3, 0.4) is 0 Å². The van der Waals surface area contributed by atoms with Crippen molar-refractivity contribution in [2.75, 3.05) is 18.6 Å². The van der Waals surface area contributed by atoms with Gasteiger partial charge in [0.25, 0.3) is 0 Å². The van der Waals surface area contributed by atoms with E-state index in [1.165, 1.54) is 57.6 Å². The van der Waals surface area contributed by atoms with Crippen LogP contribution >= 0.6 is 23.5 Å². The molecule has 1 heterocycles. The molecule has 0 amide bonds. The Labute approximate surface area is 177 Å². The molecule has 1 aromatic carbocycles. The molecule has 0 aliphatic heterocycles. The van der Waals surface area contributed by atoms with Crippen LogP contribution < -0.4 is 5.63 Å². The zero-order chi connectivity index (χ0) is 20.0. The predicted octanol–water partition coefficient (Wildman–Crippen LogP) is 7.28. The van der Waals surface area contributed by atoms with Gasteiger partial charge >= 0.3 is 5.63 Å². The lowest BCUT2D eigenvalue weighted by Crippen LogP contribution is -1.98. The largest absolute Gasteiger partial charge is 0.502 e. The minimum absolute atomic E-state index is 0.257. The van der Waals surface area contributed by atoms with Crippen LogP contribution in [0, 0.1) is 0 Å². The molecule has 0 saturated heterocycles. The van der Waals surface area contributed by atoms with Gasteiger partial charge in [0.1, 0.15) is 0 Å². The Hall–Kier alpha value is -1.33. The van der Waals surface area contributed by atoms with E-state index in [9.17, 15) is 4.79 Å². The molecule has 154 valence electrons. The molecule has 1 aromatic heterocycles. The molecule has 0 fully saturated rings. The second-order valence-corrected chi connectivity index (χ2v) is 8.82. The van der Waals surface area contributed by atoms with E-state index in [2.05, 4.69) is 6.58 Å². The third kappa shape index (κ3) is 7.96. The first kappa shape index (κ1) is 23.0. The molecule has 0 unspecified atom stereocenters. The molecule has 3 nitrogen and oxygen atoms in total. The molecular weight excluding hydrogens is 388 g/mol. The quantitative estimate of drug-likeness (QED) is 0.131. The summed E-state index contributed by atoms with van der Waals surface area (Å²) in [5.74, 6) is 1.05. The summed E-state index contributed by atoms with van der Waals surface area (Å²) < 4.78 is 10.6. The van der Waals surface area contributed by atoms with Crippen molar-refractivity contribution in [1.82, 2.24) is 0 Å². The van der Waals surface area contributed by atoms with Gasteiger partial charge in [0, 0.05) is 16.3 Å². The number of ether oxygens (including phenoxy) is 1. The highest BCUT2D eigenvalue weighted by Crippen LogP contribution is 2.32. The summed E-state index contributed by atoms with van der Waals surface area (Å²) in [6.45, 7) is 4.35. The van der Waals surface area contributed by atoms with Gasteiger partial charge in [-0.25, -0.2) is 4.79 Å². The smallest absolute Gasteiger partial charge is 0.337 e. The lowest BCUT2D eigenvalue weighted by Gasteiger charge is -2.07. The van der Waals surface area contributed by atoms with E-state index in [1.54, 1.807) is 29.6 Å². The van der Waals surface area contributed by atoms with Gasteiger partial charge in [-0.2, -0.15) is 0 Å². The average Bonchev–Trinajstić information content (AvgIpc) is 2.70. The maximum Gasteiger partial charge on any atom is 0.337 e. The van der Waals surface area contributed by atoms with Crippen molar-refractivity contribution in [1.29, 1.82) is 0 Å². The van der Waals surface area contributed by atoms with Crippen molar-refractivity contribution >= 4 is 34.5 Å². The summed E-state index contributed by atoms with van der Waals surface area (Å²) in [4.78, 5) is 14.0. The average molecular weight is 421 g/mol. The maximum absolute atomic E-state index is 11.9. The van der Waals surface area contributed by atoms with Crippen molar-refractivity contribution in [3.05, 3.63) is 47.5 Å². The summed E-state index contributed by atoms with van der Waals surface area (Å²) >= 11 is 3.39. The minimum atomic E-state index is -0.257. The first-order chi connectivity index (χ1) is 13.8. The SMILES string of the molecule is C=COCCCCCCCCCCCSc1cc(=O)oc2c(SC)cccc12. The molecule has 0 bridgehead atoms. The van der Waals surface area contributed by atoms with Crippen LogP contribution in [-0.4, -0.2) is 18.6 Å². The van der Waals surface area contributed by atoms with Gasteiger partial charge < -0.3 is 9.15 Å². The third-order valence-corrected chi connectivity index (χ3v) is 6.60. The van der Waals surface area contributed by atoms with E-state index >= 15 is 0 Å². The Morgan fingerprint density at radius 1 is 1.00 bits per heavy atom. The van der Waals surface area contributed by atoms with E-state index in [4.69, 9.17) is 9.15 Å². The fraction of sp³-hybridized carbons (Fsp3) is 0.522. The van der Waals surface area contributed by atoms with Gasteiger partial charge in [-0.3, -0.25) is 0 Å². The van der Waals surface area contributed by atoms with Crippen LogP contribution in [0.25, 0.3) is 11.0 Å². The van der Waals surface area contributed by atoms with E-state index in [1.807, 2.05) is 24.5 Å². The lowest BCUT2D eigenvalue weighted by molar-refractivity contribution is 0.241. The minimum Gasteiger partial charge on any atom is -0.502 e. The molecule has 0 radical (unpaired) electrons. The van der Waals surface area contributed by atoms with Gasteiger partial charge in [0.2, 0.25) is 0 Å². The molecule has 28 heavy (non-hydrogen) atoms. The number of hydrogen-bond donors (Lipinski definition) is 0. The molecule has 0 spiro atoms. The second-order valence-electron chi connectivity index (χ2n) is 6.83. The lowest BCUT2D eigenvalue weighted by atomic mass is 10.1. The predicted molar refractivity (Wildman–Crippen MR) is 123 cm³/mol. The Kier molecular flexibility index (Phi) is 11.3. The molecule has 2 rings (SSSR count). The zero-order valence-electron chi connectivity index (χ0n) is 16.9. The molecular formula is C23H32O3S2. The van der Waals surface area contributed by atoms with Crippen LogP contribution in [0.2, 0.25) is 0 Å². The maximum atomic E-state index is 11.9. The van der Waals surface area contributed by atoms with E-state index < -0.39 is 0 Å². The summed E-state index contributed by atoms with van der Waals surface area (Å²) in [5.41, 5.74) is 0.466. The second kappa shape index (κ2) is 13.8. The third-order valence-electron chi connectivity index (χ3n) is 4.70. The molecule has 0 saturated carbocycles. The Morgan fingerprint density at radius 3 is 2.36 bits per heavy atom. The van der Waals surface area contributed by atoms with Crippen LogP contribution in [-0.2, 0) is 4.74 Å². The highest BCUT2D eigenvalue weighted by atomic mass is 32.2. The number of para-hydroxylation sites is 1. The summed E-state index contributed by atoms with van der Waals surface area (Å²) in [6.07, 6.45) is 14.9. The van der Waals surface area contributed by atoms with Crippen molar-refractivity contribution < 1.29 is 9.15 Å². The monoisotopic (exact) mass is 420 g/mol.